The van der Waals surface area contributed by atoms with Gasteiger partial charge in [-0.2, -0.15) is 13.2 Å². The summed E-state index contributed by atoms with van der Waals surface area (Å²) in [4.78, 5) is 4.71. The van der Waals surface area contributed by atoms with Gasteiger partial charge in [-0.1, -0.05) is 17.7 Å². The maximum Gasteiger partial charge on any atom is 0.416 e. The first-order valence-corrected chi connectivity index (χ1v) is 12.7. The summed E-state index contributed by atoms with van der Waals surface area (Å²) in [5.74, 6) is 0.989. The molecule has 1 fully saturated rings. The quantitative estimate of drug-likeness (QED) is 0.420. The summed E-state index contributed by atoms with van der Waals surface area (Å²) < 4.78 is 41.3. The topological polar surface area (TPSA) is 50.1 Å². The molecule has 0 amide bonds. The second-order valence-corrected chi connectivity index (χ2v) is 11.1. The van der Waals surface area contributed by atoms with Crippen LogP contribution in [0.5, 0.6) is 0 Å². The molecule has 0 bridgehead atoms. The Kier molecular flexibility index (Phi) is 6.39. The summed E-state index contributed by atoms with van der Waals surface area (Å²) >= 11 is 6.18. The van der Waals surface area contributed by atoms with Crippen LogP contribution in [0.2, 0.25) is 5.02 Å². The molecule has 5 rings (SSSR count). The molecule has 0 radical (unpaired) electrons. The number of hydrogen-bond acceptors (Lipinski definition) is 3. The highest BCUT2D eigenvalue weighted by Gasteiger charge is 2.34. The average molecular weight is 506 g/mol. The van der Waals surface area contributed by atoms with Gasteiger partial charge >= 0.3 is 6.18 Å². The van der Waals surface area contributed by atoms with Gasteiger partial charge in [0.15, 0.2) is 0 Å². The fourth-order valence-corrected chi connectivity index (χ4v) is 5.94. The van der Waals surface area contributed by atoms with Crippen molar-refractivity contribution in [1.82, 2.24) is 14.9 Å². The predicted molar refractivity (Wildman–Crippen MR) is 132 cm³/mol. The molecule has 3 aromatic rings. The SMILES string of the molecule is CC(C)(O)c1nc2cc(Cl)ccc2n1C1CCC(NCC2Cc3ccc(C(F)(F)F)cc3C2)CC1. The monoisotopic (exact) mass is 505 g/mol. The summed E-state index contributed by atoms with van der Waals surface area (Å²) in [6.07, 6.45) is 1.17. The molecule has 2 aromatic carbocycles. The molecule has 0 aliphatic heterocycles. The van der Waals surface area contributed by atoms with Crippen LogP contribution in [0.25, 0.3) is 11.0 Å². The number of rotatable bonds is 5. The third kappa shape index (κ3) is 5.09. The highest BCUT2D eigenvalue weighted by atomic mass is 35.5. The summed E-state index contributed by atoms with van der Waals surface area (Å²) in [7, 11) is 0. The molecule has 2 aliphatic rings. The smallest absolute Gasteiger partial charge is 0.383 e. The zero-order valence-electron chi connectivity index (χ0n) is 20.0. The highest BCUT2D eigenvalue weighted by molar-refractivity contribution is 6.31. The minimum absolute atomic E-state index is 0.247. The van der Waals surface area contributed by atoms with E-state index >= 15 is 0 Å². The lowest BCUT2D eigenvalue weighted by atomic mass is 9.90. The van der Waals surface area contributed by atoms with Gasteiger partial charge < -0.3 is 15.0 Å². The van der Waals surface area contributed by atoms with Crippen LogP contribution in [0.4, 0.5) is 13.2 Å². The number of nitrogens with one attached hydrogen (secondary N) is 1. The zero-order valence-corrected chi connectivity index (χ0v) is 20.8. The van der Waals surface area contributed by atoms with Crippen LogP contribution in [-0.2, 0) is 24.6 Å². The lowest BCUT2D eigenvalue weighted by Crippen LogP contribution is -2.37. The number of hydrogen-bond donors (Lipinski definition) is 2. The van der Waals surface area contributed by atoms with Gasteiger partial charge in [0.2, 0.25) is 0 Å². The van der Waals surface area contributed by atoms with Gasteiger partial charge in [-0.05, 0) is 106 Å². The van der Waals surface area contributed by atoms with Gasteiger partial charge in [0.05, 0.1) is 16.6 Å². The summed E-state index contributed by atoms with van der Waals surface area (Å²) in [5, 5.41) is 15.1. The number of aliphatic hydroxyl groups is 1. The molecular weight excluding hydrogens is 475 g/mol. The van der Waals surface area contributed by atoms with Gasteiger partial charge in [0.1, 0.15) is 11.4 Å². The molecule has 1 heterocycles. The molecule has 1 saturated carbocycles. The summed E-state index contributed by atoms with van der Waals surface area (Å²) in [6.45, 7) is 4.33. The number of fused-ring (bicyclic) bond motifs is 2. The van der Waals surface area contributed by atoms with E-state index in [-0.39, 0.29) is 6.04 Å². The summed E-state index contributed by atoms with van der Waals surface area (Å²) in [5.41, 5.74) is 2.04. The van der Waals surface area contributed by atoms with E-state index in [1.54, 1.807) is 19.9 Å². The molecule has 4 nitrogen and oxygen atoms in total. The van der Waals surface area contributed by atoms with Crippen molar-refractivity contribution < 1.29 is 18.3 Å². The number of aromatic nitrogens is 2. The van der Waals surface area contributed by atoms with Crippen LogP contribution < -0.4 is 5.32 Å². The number of halogens is 4. The van der Waals surface area contributed by atoms with E-state index in [1.807, 2.05) is 18.2 Å². The lowest BCUT2D eigenvalue weighted by Gasteiger charge is -2.33. The third-order valence-electron chi connectivity index (χ3n) is 7.51. The van der Waals surface area contributed by atoms with E-state index in [9.17, 15) is 18.3 Å². The van der Waals surface area contributed by atoms with E-state index in [2.05, 4.69) is 9.88 Å². The first-order chi connectivity index (χ1) is 16.5. The number of benzene rings is 2. The molecule has 1 atom stereocenters. The molecule has 1 aromatic heterocycles. The first-order valence-electron chi connectivity index (χ1n) is 12.3. The minimum atomic E-state index is -4.29. The number of alkyl halides is 3. The maximum absolute atomic E-state index is 13.0. The molecule has 1 unspecified atom stereocenters. The van der Waals surface area contributed by atoms with Crippen LogP contribution in [0.3, 0.4) is 0 Å². The number of imidazole rings is 1. The van der Waals surface area contributed by atoms with Gasteiger partial charge in [0, 0.05) is 17.1 Å². The Morgan fingerprint density at radius 2 is 1.74 bits per heavy atom. The van der Waals surface area contributed by atoms with Crippen LogP contribution >= 0.6 is 11.6 Å². The molecule has 8 heteroatoms. The van der Waals surface area contributed by atoms with Crippen LogP contribution in [0, 0.1) is 5.92 Å². The maximum atomic E-state index is 13.0. The van der Waals surface area contributed by atoms with Crippen LogP contribution in [0.15, 0.2) is 36.4 Å². The molecule has 2 N–H and O–H groups in total. The second kappa shape index (κ2) is 9.09. The molecule has 0 saturated heterocycles. The van der Waals surface area contributed by atoms with Crippen molar-refractivity contribution in [2.24, 2.45) is 5.92 Å². The molecule has 0 spiro atoms. The predicted octanol–water partition coefficient (Wildman–Crippen LogP) is 6.42. The molecule has 2 aliphatic carbocycles. The molecule has 35 heavy (non-hydrogen) atoms. The Labute approximate surface area is 208 Å². The van der Waals surface area contributed by atoms with E-state index < -0.39 is 17.3 Å². The normalized spacial score (nSPS) is 23.1. The summed E-state index contributed by atoms with van der Waals surface area (Å²) in [6, 6.07) is 10.5. The van der Waals surface area contributed by atoms with Gasteiger partial charge in [-0.25, -0.2) is 4.98 Å². The third-order valence-corrected chi connectivity index (χ3v) is 7.74. The zero-order chi connectivity index (χ0) is 25.0. The Bertz CT molecular complexity index is 1220. The van der Waals surface area contributed by atoms with E-state index in [0.717, 1.165) is 60.8 Å². The van der Waals surface area contributed by atoms with Crippen molar-refractivity contribution >= 4 is 22.6 Å². The van der Waals surface area contributed by atoms with Gasteiger partial charge in [0.25, 0.3) is 0 Å². The minimum Gasteiger partial charge on any atom is -0.383 e. The fourth-order valence-electron chi connectivity index (χ4n) is 5.77. The van der Waals surface area contributed by atoms with Crippen molar-refractivity contribution in [2.75, 3.05) is 6.54 Å². The molecule has 188 valence electrons. The standard InChI is InChI=1S/C27H31ClF3N3O/c1-26(2,35)25-33-23-14-20(28)5-10-24(23)34(25)22-8-6-21(7-9-22)32-15-16-11-17-3-4-19(27(29,30)31)13-18(17)12-16/h3-5,10,13-14,16,21-22,32,35H,6-9,11-12,15H2,1-2H3. The van der Waals surface area contributed by atoms with E-state index in [0.29, 0.717) is 29.2 Å². The first kappa shape index (κ1) is 24.6. The Hall–Kier alpha value is -2.09. The Balaban J connectivity index is 1.21. The Morgan fingerprint density at radius 3 is 2.43 bits per heavy atom. The molecular formula is C27H31ClF3N3O. The largest absolute Gasteiger partial charge is 0.416 e. The number of nitrogens with zero attached hydrogens (tertiary/aromatic N) is 2. The van der Waals surface area contributed by atoms with E-state index in [4.69, 9.17) is 16.6 Å². The second-order valence-electron chi connectivity index (χ2n) is 10.7. The van der Waals surface area contributed by atoms with Crippen molar-refractivity contribution in [2.45, 2.75) is 76.2 Å². The fraction of sp³-hybridized carbons (Fsp3) is 0.519. The van der Waals surface area contributed by atoms with Crippen molar-refractivity contribution in [3.8, 4) is 0 Å². The Morgan fingerprint density at radius 1 is 1.03 bits per heavy atom. The van der Waals surface area contributed by atoms with Gasteiger partial charge in [-0.15, -0.1) is 0 Å². The van der Waals surface area contributed by atoms with Crippen LogP contribution in [-0.4, -0.2) is 27.2 Å². The van der Waals surface area contributed by atoms with Crippen LogP contribution in [0.1, 0.15) is 68.1 Å². The van der Waals surface area contributed by atoms with Crippen molar-refractivity contribution in [3.05, 3.63) is 63.9 Å². The van der Waals surface area contributed by atoms with Crippen molar-refractivity contribution in [1.29, 1.82) is 0 Å². The van der Waals surface area contributed by atoms with Crippen molar-refractivity contribution in [3.63, 3.8) is 0 Å². The van der Waals surface area contributed by atoms with E-state index in [1.165, 1.54) is 12.1 Å². The lowest BCUT2D eigenvalue weighted by molar-refractivity contribution is -0.137. The van der Waals surface area contributed by atoms with Gasteiger partial charge in [-0.3, -0.25) is 0 Å². The average Bonchev–Trinajstić information content (AvgIpc) is 3.37. The highest BCUT2D eigenvalue weighted by Crippen LogP contribution is 2.37.